The molecular weight excluding hydrogens is 728 g/mol. The van der Waals surface area contributed by atoms with E-state index in [0.717, 1.165) is 55.5 Å². The van der Waals surface area contributed by atoms with Crippen LogP contribution in [0.15, 0.2) is 132 Å². The number of furan rings is 1. The summed E-state index contributed by atoms with van der Waals surface area (Å²) in [5, 5.41) is 2.27. The van der Waals surface area contributed by atoms with Gasteiger partial charge in [0.2, 0.25) is 0 Å². The first-order chi connectivity index (χ1) is 28.0. The molecule has 2 fully saturated rings. The molecule has 59 heavy (non-hydrogen) atoms. The van der Waals surface area contributed by atoms with Crippen LogP contribution in [0.5, 0.6) is 0 Å². The van der Waals surface area contributed by atoms with Gasteiger partial charge in [-0.05, 0) is 143 Å². The molecule has 3 aliphatic rings. The Labute approximate surface area is 348 Å². The van der Waals surface area contributed by atoms with Crippen molar-refractivity contribution in [2.75, 3.05) is 4.90 Å². The molecule has 1 aliphatic carbocycles. The Morgan fingerprint density at radius 3 is 1.44 bits per heavy atom. The van der Waals surface area contributed by atoms with E-state index in [9.17, 15) is 0 Å². The topological polar surface area (TPSA) is 53.3 Å². The molecule has 10 rings (SSSR count). The van der Waals surface area contributed by atoms with Crippen LogP contribution in [0.4, 0.5) is 17.1 Å². The molecule has 3 heterocycles. The smallest absolute Gasteiger partial charge is 0.455 e. The molecule has 8 heteroatoms. The summed E-state index contributed by atoms with van der Waals surface area (Å²) in [4.78, 5) is 2.29. The largest absolute Gasteiger partial charge is 0.494 e. The monoisotopic (exact) mass is 779 g/mol. The SMILES string of the molecule is CC1(C)c2ccccc2-c2c1cc(-c1ccc(N(c3ccc(B4OC(C)(C)C(C)(C)O4)cc3)c3ccc(B4OC(C)(C)C(C)(C)O4)cc3)cc1)c1c2oc2ccccc21. The third-order valence-electron chi connectivity index (χ3n) is 14.0. The average molecular weight is 780 g/mol. The Kier molecular flexibility index (Phi) is 8.36. The minimum absolute atomic E-state index is 0.178. The van der Waals surface area contributed by atoms with Gasteiger partial charge >= 0.3 is 14.2 Å². The highest BCUT2D eigenvalue weighted by Gasteiger charge is 2.53. The molecule has 6 nitrogen and oxygen atoms in total. The third-order valence-corrected chi connectivity index (χ3v) is 14.0. The molecule has 296 valence electrons. The molecule has 2 aliphatic heterocycles. The van der Waals surface area contributed by atoms with Crippen LogP contribution in [-0.2, 0) is 24.0 Å². The van der Waals surface area contributed by atoms with Crippen LogP contribution in [0, 0.1) is 0 Å². The molecule has 2 saturated heterocycles. The number of rotatable bonds is 6. The molecule has 0 atom stereocenters. The summed E-state index contributed by atoms with van der Waals surface area (Å²) in [6.45, 7) is 21.3. The van der Waals surface area contributed by atoms with Gasteiger partial charge in [-0.3, -0.25) is 0 Å². The van der Waals surface area contributed by atoms with Gasteiger partial charge in [-0.1, -0.05) is 92.7 Å². The highest BCUT2D eigenvalue weighted by Crippen LogP contribution is 2.55. The third kappa shape index (κ3) is 5.86. The minimum Gasteiger partial charge on any atom is -0.455 e. The highest BCUT2D eigenvalue weighted by molar-refractivity contribution is 6.62. The van der Waals surface area contributed by atoms with Gasteiger partial charge in [-0.25, -0.2) is 0 Å². The number of benzene rings is 6. The predicted molar refractivity (Wildman–Crippen MR) is 243 cm³/mol. The van der Waals surface area contributed by atoms with Gasteiger partial charge in [-0.2, -0.15) is 0 Å². The standard InChI is InChI=1S/C51H51B2NO5/c1-47(2)41-17-13-11-15-38(41)45-42(47)31-40(44-39-16-12-14-18-43(39)55-46(44)45)32-19-25-35(26-20-32)54(36-27-21-33(22-28-36)52-56-48(3,4)49(5,6)57-52)37-29-23-34(24-30-37)53-58-50(7,8)51(9,10)59-53/h11-31H,1-10H3. The van der Waals surface area contributed by atoms with Crippen molar-refractivity contribution in [2.45, 2.75) is 97.1 Å². The molecule has 1 aromatic heterocycles. The van der Waals surface area contributed by atoms with E-state index >= 15 is 0 Å². The lowest BCUT2D eigenvalue weighted by atomic mass is 9.79. The summed E-state index contributed by atoms with van der Waals surface area (Å²) in [5.41, 5.74) is 12.4. The van der Waals surface area contributed by atoms with Crippen LogP contribution in [0.3, 0.4) is 0 Å². The van der Waals surface area contributed by atoms with Gasteiger partial charge in [0.1, 0.15) is 11.2 Å². The second kappa shape index (κ2) is 12.9. The summed E-state index contributed by atoms with van der Waals surface area (Å²) in [6, 6.07) is 45.6. The van der Waals surface area contributed by atoms with Crippen molar-refractivity contribution in [3.05, 3.63) is 139 Å². The van der Waals surface area contributed by atoms with Crippen molar-refractivity contribution in [2.24, 2.45) is 0 Å². The van der Waals surface area contributed by atoms with Crippen molar-refractivity contribution in [1.82, 2.24) is 0 Å². The van der Waals surface area contributed by atoms with Gasteiger partial charge in [0.25, 0.3) is 0 Å². The Bertz CT molecular complexity index is 2650. The maximum Gasteiger partial charge on any atom is 0.494 e. The number of hydrogen-bond donors (Lipinski definition) is 0. The van der Waals surface area contributed by atoms with Crippen LogP contribution < -0.4 is 15.8 Å². The summed E-state index contributed by atoms with van der Waals surface area (Å²) < 4.78 is 32.4. The Morgan fingerprint density at radius 2 is 0.915 bits per heavy atom. The number of nitrogens with zero attached hydrogens (tertiary/aromatic N) is 1. The van der Waals surface area contributed by atoms with Crippen LogP contribution >= 0.6 is 0 Å². The van der Waals surface area contributed by atoms with Crippen LogP contribution in [0.1, 0.15) is 80.4 Å². The van der Waals surface area contributed by atoms with E-state index in [0.29, 0.717) is 0 Å². The second-order valence-electron chi connectivity index (χ2n) is 19.1. The lowest BCUT2D eigenvalue weighted by Gasteiger charge is -2.32. The molecular formula is C51H51B2NO5. The zero-order valence-corrected chi connectivity index (χ0v) is 35.8. The lowest BCUT2D eigenvalue weighted by molar-refractivity contribution is 0.00578. The molecule has 0 saturated carbocycles. The number of para-hydroxylation sites is 1. The average Bonchev–Trinajstić information content (AvgIpc) is 3.84. The minimum atomic E-state index is -0.443. The van der Waals surface area contributed by atoms with Crippen LogP contribution in [0.25, 0.3) is 44.2 Å². The number of anilines is 3. The summed E-state index contributed by atoms with van der Waals surface area (Å²) in [6.07, 6.45) is 0. The fourth-order valence-corrected chi connectivity index (χ4v) is 9.04. The number of hydrogen-bond acceptors (Lipinski definition) is 6. The maximum atomic E-state index is 6.78. The first kappa shape index (κ1) is 38.1. The van der Waals surface area contributed by atoms with Crippen LogP contribution in [-0.4, -0.2) is 36.6 Å². The summed E-state index contributed by atoms with van der Waals surface area (Å²) >= 11 is 0. The van der Waals surface area contributed by atoms with E-state index < -0.39 is 36.6 Å². The zero-order valence-electron chi connectivity index (χ0n) is 35.8. The quantitative estimate of drug-likeness (QED) is 0.157. The van der Waals surface area contributed by atoms with Gasteiger partial charge < -0.3 is 27.9 Å². The lowest BCUT2D eigenvalue weighted by Crippen LogP contribution is -2.41. The summed E-state index contributed by atoms with van der Waals surface area (Å²) in [5.74, 6) is 0. The normalized spacial score (nSPS) is 19.4. The van der Waals surface area contributed by atoms with Gasteiger partial charge in [0.05, 0.1) is 22.4 Å². The molecule has 0 unspecified atom stereocenters. The first-order valence-electron chi connectivity index (χ1n) is 20.9. The molecule has 0 N–H and O–H groups in total. The van der Waals surface area contributed by atoms with E-state index in [2.05, 4.69) is 202 Å². The molecule has 0 amide bonds. The molecule has 0 radical (unpaired) electrons. The Balaban J connectivity index is 1.07. The van der Waals surface area contributed by atoms with Crippen molar-refractivity contribution in [3.63, 3.8) is 0 Å². The fourth-order valence-electron chi connectivity index (χ4n) is 9.04. The van der Waals surface area contributed by atoms with Crippen molar-refractivity contribution < 1.29 is 23.0 Å². The van der Waals surface area contributed by atoms with E-state index in [-0.39, 0.29) is 5.41 Å². The predicted octanol–water partition coefficient (Wildman–Crippen LogP) is 11.6. The molecule has 6 aromatic carbocycles. The summed E-state index contributed by atoms with van der Waals surface area (Å²) in [7, 11) is -0.885. The van der Waals surface area contributed by atoms with Gasteiger partial charge in [0.15, 0.2) is 0 Å². The first-order valence-corrected chi connectivity index (χ1v) is 20.9. The van der Waals surface area contributed by atoms with Gasteiger partial charge in [0, 0.05) is 38.8 Å². The van der Waals surface area contributed by atoms with Crippen molar-refractivity contribution in [3.8, 4) is 22.3 Å². The molecule has 0 bridgehead atoms. The second-order valence-corrected chi connectivity index (χ2v) is 19.1. The van der Waals surface area contributed by atoms with E-state index in [1.807, 2.05) is 0 Å². The van der Waals surface area contributed by atoms with Crippen molar-refractivity contribution in [1.29, 1.82) is 0 Å². The van der Waals surface area contributed by atoms with E-state index in [1.165, 1.54) is 27.8 Å². The number of fused-ring (bicyclic) bond motifs is 7. The molecule has 0 spiro atoms. The highest BCUT2D eigenvalue weighted by atomic mass is 16.7. The van der Waals surface area contributed by atoms with E-state index in [4.69, 9.17) is 23.0 Å². The van der Waals surface area contributed by atoms with Crippen LogP contribution in [0.2, 0.25) is 0 Å². The molecule has 7 aromatic rings. The maximum absolute atomic E-state index is 6.78. The van der Waals surface area contributed by atoms with E-state index in [1.54, 1.807) is 0 Å². The van der Waals surface area contributed by atoms with Crippen molar-refractivity contribution >= 4 is 64.2 Å². The Hall–Kier alpha value is -5.11. The fraction of sp³-hybridized carbons (Fsp3) is 0.294. The Morgan fingerprint density at radius 1 is 0.458 bits per heavy atom. The van der Waals surface area contributed by atoms with Gasteiger partial charge in [-0.15, -0.1) is 0 Å². The zero-order chi connectivity index (χ0) is 41.3.